The molecule has 0 unspecified atom stereocenters. The number of hydrogen-bond acceptors (Lipinski definition) is 2. The smallest absolute Gasteiger partial charge is 0.395 e. The van der Waals surface area contributed by atoms with Crippen molar-refractivity contribution in [3.8, 4) is 11.1 Å². The minimum atomic E-state index is 0.0325. The van der Waals surface area contributed by atoms with E-state index in [1.807, 2.05) is 7.11 Å². The van der Waals surface area contributed by atoms with Gasteiger partial charge in [0.1, 0.15) is 0 Å². The molecule has 136 valence electrons. The van der Waals surface area contributed by atoms with Gasteiger partial charge in [-0.05, 0) is 69.2 Å². The first-order chi connectivity index (χ1) is 12.4. The lowest BCUT2D eigenvalue weighted by Crippen LogP contribution is -2.66. The highest BCUT2D eigenvalue weighted by Crippen LogP contribution is 2.49. The summed E-state index contributed by atoms with van der Waals surface area (Å²) in [7, 11) is 1.92. The largest absolute Gasteiger partial charge is 0.423 e. The number of hydrogen-bond donors (Lipinski definition) is 0. The number of rotatable bonds is 3. The molecule has 2 aromatic rings. The van der Waals surface area contributed by atoms with Gasteiger partial charge < -0.3 is 9.47 Å². The average Bonchev–Trinajstić information content (AvgIpc) is 2.92. The predicted molar refractivity (Wildman–Crippen MR) is 110 cm³/mol. The molecule has 2 aromatic carbocycles. The summed E-state index contributed by atoms with van der Waals surface area (Å²) >= 11 is 0. The molecule has 4 rings (SSSR count). The summed E-state index contributed by atoms with van der Waals surface area (Å²) in [6, 6.07) is 17.7. The van der Waals surface area contributed by atoms with E-state index in [0.717, 1.165) is 0 Å². The zero-order valence-corrected chi connectivity index (χ0v) is 16.8. The zero-order chi connectivity index (χ0) is 18.5. The molecule has 0 N–H and O–H groups in total. The molecule has 1 aliphatic carbocycles. The highest BCUT2D eigenvalue weighted by Gasteiger charge is 2.52. The normalized spacial score (nSPS) is 21.3. The Kier molecular flexibility index (Phi) is 4.28. The lowest BCUT2D eigenvalue weighted by atomic mass is 9.55. The molecule has 2 nitrogen and oxygen atoms in total. The maximum absolute atomic E-state index is 6.28. The van der Waals surface area contributed by atoms with Gasteiger partial charge in [-0.3, -0.25) is 0 Å². The Balaban J connectivity index is 1.87. The Hall–Kier alpha value is -1.58. The molecule has 0 saturated carbocycles. The van der Waals surface area contributed by atoms with Crippen LogP contribution < -0.4 is 0 Å². The van der Waals surface area contributed by atoms with E-state index >= 15 is 0 Å². The van der Waals surface area contributed by atoms with Crippen molar-refractivity contribution in [2.24, 2.45) is 0 Å². The second kappa shape index (κ2) is 6.25. The quantitative estimate of drug-likeness (QED) is 0.678. The highest BCUT2D eigenvalue weighted by atomic mass is 16.4. The van der Waals surface area contributed by atoms with Crippen LogP contribution in [0.3, 0.4) is 0 Å². The Morgan fingerprint density at radius 3 is 1.77 bits per heavy atom. The van der Waals surface area contributed by atoms with Crippen LogP contribution in [-0.4, -0.2) is 30.0 Å². The SMILES string of the molecule is COB(C1c2ccccc2-c2ccccc21)N1C(C)(C)CCCC1(C)C. The second-order valence-corrected chi connectivity index (χ2v) is 9.13. The molecule has 1 heterocycles. The molecular weight excluding hydrogens is 317 g/mol. The van der Waals surface area contributed by atoms with Crippen LogP contribution >= 0.6 is 0 Å². The fourth-order valence-corrected chi connectivity index (χ4v) is 5.60. The molecule has 1 fully saturated rings. The van der Waals surface area contributed by atoms with Crippen molar-refractivity contribution in [1.29, 1.82) is 0 Å². The zero-order valence-electron chi connectivity index (χ0n) is 16.8. The highest BCUT2D eigenvalue weighted by molar-refractivity contribution is 6.53. The van der Waals surface area contributed by atoms with Gasteiger partial charge in [0.2, 0.25) is 0 Å². The average molecular weight is 347 g/mol. The van der Waals surface area contributed by atoms with Gasteiger partial charge >= 0.3 is 7.05 Å². The summed E-state index contributed by atoms with van der Waals surface area (Å²) in [6.45, 7) is 9.53. The lowest BCUT2D eigenvalue weighted by molar-refractivity contribution is 0.0299. The van der Waals surface area contributed by atoms with Crippen LogP contribution in [0.1, 0.15) is 63.9 Å². The summed E-state index contributed by atoms with van der Waals surface area (Å²) in [6.07, 6.45) is 3.71. The number of benzene rings is 2. The standard InChI is InChI=1S/C23H30BNO/c1-22(2)15-10-16-23(3,4)25(22)24(26-5)21-19-13-8-6-11-17(19)18-12-7-9-14-20(18)21/h6-9,11-14,21H,10,15-16H2,1-5H3. The van der Waals surface area contributed by atoms with Crippen molar-refractivity contribution in [2.75, 3.05) is 7.11 Å². The van der Waals surface area contributed by atoms with Crippen LogP contribution in [0.25, 0.3) is 11.1 Å². The summed E-state index contributed by atoms with van der Waals surface area (Å²) in [5.41, 5.74) is 5.77. The van der Waals surface area contributed by atoms with Crippen molar-refractivity contribution in [1.82, 2.24) is 4.81 Å². The van der Waals surface area contributed by atoms with E-state index in [1.54, 1.807) is 0 Å². The monoisotopic (exact) mass is 347 g/mol. The molecule has 2 aliphatic rings. The van der Waals surface area contributed by atoms with Gasteiger partial charge in [0.05, 0.1) is 0 Å². The molecule has 26 heavy (non-hydrogen) atoms. The fourth-order valence-electron chi connectivity index (χ4n) is 5.60. The van der Waals surface area contributed by atoms with Gasteiger partial charge in [0.25, 0.3) is 0 Å². The van der Waals surface area contributed by atoms with Crippen molar-refractivity contribution in [2.45, 2.75) is 63.9 Å². The maximum atomic E-state index is 6.28. The van der Waals surface area contributed by atoms with Gasteiger partial charge in [0, 0.05) is 24.0 Å². The maximum Gasteiger partial charge on any atom is 0.395 e. The van der Waals surface area contributed by atoms with Crippen LogP contribution in [0.4, 0.5) is 0 Å². The molecule has 1 aliphatic heterocycles. The van der Waals surface area contributed by atoms with Gasteiger partial charge in [-0.2, -0.15) is 0 Å². The van der Waals surface area contributed by atoms with E-state index in [9.17, 15) is 0 Å². The van der Waals surface area contributed by atoms with E-state index in [2.05, 4.69) is 81.0 Å². The minimum Gasteiger partial charge on any atom is -0.423 e. The van der Waals surface area contributed by atoms with Crippen LogP contribution in [0.2, 0.25) is 0 Å². The Labute approximate surface area is 158 Å². The summed E-state index contributed by atoms with van der Waals surface area (Å²) in [5.74, 6) is 0.254. The molecule has 0 amide bonds. The molecule has 1 saturated heterocycles. The minimum absolute atomic E-state index is 0.0325. The van der Waals surface area contributed by atoms with Crippen LogP contribution in [-0.2, 0) is 4.65 Å². The van der Waals surface area contributed by atoms with Crippen molar-refractivity contribution >= 4 is 7.05 Å². The van der Waals surface area contributed by atoms with E-state index in [0.29, 0.717) is 0 Å². The predicted octanol–water partition coefficient (Wildman–Crippen LogP) is 5.52. The number of fused-ring (bicyclic) bond motifs is 3. The molecule has 0 bridgehead atoms. The molecule has 0 spiro atoms. The van der Waals surface area contributed by atoms with Gasteiger partial charge in [-0.15, -0.1) is 0 Å². The van der Waals surface area contributed by atoms with E-state index in [4.69, 9.17) is 4.65 Å². The molecule has 0 aromatic heterocycles. The molecule has 3 heteroatoms. The number of nitrogens with zero attached hydrogens (tertiary/aromatic N) is 1. The Morgan fingerprint density at radius 2 is 1.31 bits per heavy atom. The van der Waals surface area contributed by atoms with E-state index < -0.39 is 0 Å². The fraction of sp³-hybridized carbons (Fsp3) is 0.478. The van der Waals surface area contributed by atoms with E-state index in [1.165, 1.54) is 41.5 Å². The third-order valence-electron chi connectivity index (χ3n) is 6.54. The first-order valence-electron chi connectivity index (χ1n) is 9.87. The van der Waals surface area contributed by atoms with E-state index in [-0.39, 0.29) is 23.9 Å². The summed E-state index contributed by atoms with van der Waals surface area (Å²) in [5, 5.41) is 0. The van der Waals surface area contributed by atoms with Crippen LogP contribution in [0, 0.1) is 0 Å². The third-order valence-corrected chi connectivity index (χ3v) is 6.54. The van der Waals surface area contributed by atoms with Crippen LogP contribution in [0.15, 0.2) is 48.5 Å². The lowest BCUT2D eigenvalue weighted by Gasteiger charge is -2.56. The van der Waals surface area contributed by atoms with Crippen LogP contribution in [0.5, 0.6) is 0 Å². The molecule has 0 atom stereocenters. The molecule has 0 radical (unpaired) electrons. The van der Waals surface area contributed by atoms with Crippen molar-refractivity contribution in [3.63, 3.8) is 0 Å². The summed E-state index contributed by atoms with van der Waals surface area (Å²) in [4.78, 5) is 2.66. The Morgan fingerprint density at radius 1 is 0.846 bits per heavy atom. The van der Waals surface area contributed by atoms with Crippen molar-refractivity contribution in [3.05, 3.63) is 59.7 Å². The third kappa shape index (κ3) is 2.64. The Bertz CT molecular complexity index is 752. The summed E-state index contributed by atoms with van der Waals surface area (Å²) < 4.78 is 6.28. The first kappa shape index (κ1) is 17.8. The van der Waals surface area contributed by atoms with Crippen molar-refractivity contribution < 1.29 is 4.65 Å². The topological polar surface area (TPSA) is 12.5 Å². The second-order valence-electron chi connectivity index (χ2n) is 9.13. The van der Waals surface area contributed by atoms with Gasteiger partial charge in [-0.25, -0.2) is 0 Å². The first-order valence-corrected chi connectivity index (χ1v) is 9.87. The molecular formula is C23H30BNO. The van der Waals surface area contributed by atoms with Gasteiger partial charge in [0.15, 0.2) is 0 Å². The van der Waals surface area contributed by atoms with Gasteiger partial charge in [-0.1, -0.05) is 48.5 Å². The number of piperidine rings is 1.